The van der Waals surface area contributed by atoms with Gasteiger partial charge in [-0.05, 0) is 37.1 Å². The summed E-state index contributed by atoms with van der Waals surface area (Å²) < 4.78 is 51.6. The van der Waals surface area contributed by atoms with Gasteiger partial charge in [0.1, 0.15) is 11.1 Å². The lowest BCUT2D eigenvalue weighted by atomic mass is 10.0. The average molecular weight is 465 g/mol. The molecule has 1 fully saturated rings. The third-order valence-corrected chi connectivity index (χ3v) is 6.07. The maximum absolute atomic E-state index is 13.7. The fourth-order valence-electron chi connectivity index (χ4n) is 3.46. The number of ether oxygens (including phenoxy) is 2. The Morgan fingerprint density at radius 3 is 2.47 bits per heavy atom. The normalized spacial score (nSPS) is 13.7. The Labute approximate surface area is 188 Å². The van der Waals surface area contributed by atoms with E-state index in [0.29, 0.717) is 30.2 Å². The lowest BCUT2D eigenvalue weighted by Crippen LogP contribution is -2.27. The summed E-state index contributed by atoms with van der Waals surface area (Å²) in [5.41, 5.74) is -1.17. The van der Waals surface area contributed by atoms with Crippen LogP contribution >= 0.6 is 11.8 Å². The Morgan fingerprint density at radius 2 is 1.88 bits per heavy atom. The molecule has 1 amide bonds. The number of alkyl halides is 3. The van der Waals surface area contributed by atoms with Gasteiger partial charge in [-0.25, -0.2) is 4.98 Å². The second-order valence-corrected chi connectivity index (χ2v) is 8.18. The van der Waals surface area contributed by atoms with Crippen LogP contribution in [-0.2, 0) is 11.0 Å². The molecule has 0 spiro atoms. The number of likely N-dealkylation sites (tertiary alicyclic amines) is 1. The molecule has 0 bridgehead atoms. The van der Waals surface area contributed by atoms with Crippen molar-refractivity contribution >= 4 is 17.7 Å². The number of thioether (sulfide) groups is 1. The van der Waals surface area contributed by atoms with Gasteiger partial charge in [0, 0.05) is 30.8 Å². The highest BCUT2D eigenvalue weighted by Gasteiger charge is 2.36. The molecule has 1 aliphatic heterocycles. The maximum atomic E-state index is 13.7. The van der Waals surface area contributed by atoms with Gasteiger partial charge in [0.05, 0.1) is 31.0 Å². The topological polar surface area (TPSA) is 75.5 Å². The third-order valence-electron chi connectivity index (χ3n) is 5.10. The smallest absolute Gasteiger partial charge is 0.417 e. The zero-order valence-electron chi connectivity index (χ0n) is 17.7. The third kappa shape index (κ3) is 5.27. The second kappa shape index (κ2) is 10.1. The van der Waals surface area contributed by atoms with Crippen molar-refractivity contribution in [2.24, 2.45) is 0 Å². The molecule has 0 saturated carbocycles. The van der Waals surface area contributed by atoms with Crippen molar-refractivity contribution in [3.8, 4) is 28.8 Å². The zero-order valence-corrected chi connectivity index (χ0v) is 18.5. The number of aromatic nitrogens is 1. The first kappa shape index (κ1) is 23.7. The first-order valence-corrected chi connectivity index (χ1v) is 10.9. The summed E-state index contributed by atoms with van der Waals surface area (Å²) in [5.74, 6) is 0.954. The van der Waals surface area contributed by atoms with Crippen LogP contribution < -0.4 is 9.47 Å². The Hall–Kier alpha value is -2.93. The van der Waals surface area contributed by atoms with Crippen molar-refractivity contribution in [3.63, 3.8) is 0 Å². The first-order chi connectivity index (χ1) is 15.3. The molecule has 1 saturated heterocycles. The number of halogens is 3. The van der Waals surface area contributed by atoms with Crippen LogP contribution in [0.5, 0.6) is 11.5 Å². The molecule has 0 radical (unpaired) electrons. The van der Waals surface area contributed by atoms with E-state index < -0.39 is 17.3 Å². The van der Waals surface area contributed by atoms with Crippen LogP contribution in [0.2, 0.25) is 0 Å². The van der Waals surface area contributed by atoms with Gasteiger partial charge in [-0.1, -0.05) is 0 Å². The van der Waals surface area contributed by atoms with Crippen molar-refractivity contribution in [3.05, 3.63) is 35.4 Å². The number of hydrogen-bond acceptors (Lipinski definition) is 6. The van der Waals surface area contributed by atoms with Gasteiger partial charge in [0.2, 0.25) is 5.91 Å². The molecule has 32 heavy (non-hydrogen) atoms. The van der Waals surface area contributed by atoms with Gasteiger partial charge in [0.15, 0.2) is 11.5 Å². The molecule has 0 unspecified atom stereocenters. The highest BCUT2D eigenvalue weighted by molar-refractivity contribution is 7.99. The Morgan fingerprint density at radius 1 is 1.19 bits per heavy atom. The highest BCUT2D eigenvalue weighted by Crippen LogP contribution is 2.39. The summed E-state index contributed by atoms with van der Waals surface area (Å²) in [7, 11) is 2.88. The number of benzene rings is 1. The maximum Gasteiger partial charge on any atom is 0.417 e. The van der Waals surface area contributed by atoms with Gasteiger partial charge < -0.3 is 14.4 Å². The molecule has 6 nitrogen and oxygen atoms in total. The lowest BCUT2D eigenvalue weighted by molar-refractivity contribution is -0.138. The molecular formula is C22H22F3N3O3S. The molecule has 0 atom stereocenters. The van der Waals surface area contributed by atoms with Gasteiger partial charge in [-0.2, -0.15) is 18.4 Å². The van der Waals surface area contributed by atoms with Crippen molar-refractivity contribution < 1.29 is 27.4 Å². The molecule has 3 rings (SSSR count). The summed E-state index contributed by atoms with van der Waals surface area (Å²) in [6.07, 6.45) is -2.65. The predicted molar refractivity (Wildman–Crippen MR) is 114 cm³/mol. The average Bonchev–Trinajstić information content (AvgIpc) is 3.32. The van der Waals surface area contributed by atoms with Gasteiger partial charge in [-0.15, -0.1) is 11.8 Å². The van der Waals surface area contributed by atoms with E-state index in [0.717, 1.165) is 30.7 Å². The molecule has 0 aliphatic carbocycles. The molecule has 0 N–H and O–H groups in total. The van der Waals surface area contributed by atoms with Gasteiger partial charge in [0.25, 0.3) is 0 Å². The molecule has 2 heterocycles. The number of pyridine rings is 1. The van der Waals surface area contributed by atoms with E-state index in [1.807, 2.05) is 0 Å². The van der Waals surface area contributed by atoms with E-state index in [-0.39, 0.29) is 28.8 Å². The standard InChI is InChI=1S/C22H22F3N3O3S/c1-30-18-6-5-14(11-19(18)31-2)17-12-16(22(23,24)25)15(13-26)21(27-17)32-10-7-20(29)28-8-3-4-9-28/h5-6,11-12H,3-4,7-10H2,1-2H3. The number of amides is 1. The number of rotatable bonds is 7. The highest BCUT2D eigenvalue weighted by atomic mass is 32.2. The van der Waals surface area contributed by atoms with Crippen molar-refractivity contribution in [2.45, 2.75) is 30.5 Å². The SMILES string of the molecule is COc1ccc(-c2cc(C(F)(F)F)c(C#N)c(SCCC(=O)N3CCCC3)n2)cc1OC. The molecule has 170 valence electrons. The Kier molecular flexibility index (Phi) is 7.51. The number of carbonyl (C=O) groups is 1. The second-order valence-electron chi connectivity index (χ2n) is 7.10. The molecule has 1 aromatic heterocycles. The largest absolute Gasteiger partial charge is 0.493 e. The van der Waals surface area contributed by atoms with Crippen LogP contribution in [0.3, 0.4) is 0 Å². The van der Waals surface area contributed by atoms with E-state index in [9.17, 15) is 23.2 Å². The van der Waals surface area contributed by atoms with Crippen molar-refractivity contribution in [1.82, 2.24) is 9.88 Å². The predicted octanol–water partition coefficient (Wildman–Crippen LogP) is 4.76. The Balaban J connectivity index is 1.95. The van der Waals surface area contributed by atoms with E-state index in [4.69, 9.17) is 9.47 Å². The quantitative estimate of drug-likeness (QED) is 0.549. The van der Waals surface area contributed by atoms with E-state index >= 15 is 0 Å². The lowest BCUT2D eigenvalue weighted by Gasteiger charge is -2.16. The van der Waals surface area contributed by atoms with E-state index in [1.165, 1.54) is 20.3 Å². The number of carbonyl (C=O) groups excluding carboxylic acids is 1. The van der Waals surface area contributed by atoms with Crippen LogP contribution in [0.1, 0.15) is 30.4 Å². The summed E-state index contributed by atoms with van der Waals surface area (Å²) >= 11 is 0.978. The number of methoxy groups -OCH3 is 2. The Bertz CT molecular complexity index is 1030. The summed E-state index contributed by atoms with van der Waals surface area (Å²) in [6.45, 7) is 1.41. The first-order valence-electron chi connectivity index (χ1n) is 9.93. The monoisotopic (exact) mass is 465 g/mol. The zero-order chi connectivity index (χ0) is 23.3. The van der Waals surface area contributed by atoms with Crippen LogP contribution in [0, 0.1) is 11.3 Å². The van der Waals surface area contributed by atoms with Crippen LogP contribution in [0.25, 0.3) is 11.3 Å². The molecule has 1 aromatic carbocycles. The van der Waals surface area contributed by atoms with Crippen LogP contribution in [-0.4, -0.2) is 48.9 Å². The van der Waals surface area contributed by atoms with Crippen molar-refractivity contribution in [1.29, 1.82) is 5.26 Å². The summed E-state index contributed by atoms with van der Waals surface area (Å²) in [5, 5.41) is 9.39. The molecule has 2 aromatic rings. The summed E-state index contributed by atoms with van der Waals surface area (Å²) in [6, 6.07) is 7.17. The van der Waals surface area contributed by atoms with E-state index in [1.54, 1.807) is 23.1 Å². The molecule has 1 aliphatic rings. The molecule has 10 heteroatoms. The molecular weight excluding hydrogens is 443 g/mol. The van der Waals surface area contributed by atoms with Crippen LogP contribution in [0.4, 0.5) is 13.2 Å². The minimum atomic E-state index is -4.74. The van der Waals surface area contributed by atoms with E-state index in [2.05, 4.69) is 4.98 Å². The number of nitrogens with zero attached hydrogens (tertiary/aromatic N) is 3. The summed E-state index contributed by atoms with van der Waals surface area (Å²) in [4.78, 5) is 18.3. The number of nitriles is 1. The fraction of sp³-hybridized carbons (Fsp3) is 0.409. The fourth-order valence-corrected chi connectivity index (χ4v) is 4.39. The van der Waals surface area contributed by atoms with Crippen molar-refractivity contribution in [2.75, 3.05) is 33.1 Å². The minimum absolute atomic E-state index is 0.0411. The van der Waals surface area contributed by atoms with Gasteiger partial charge in [-0.3, -0.25) is 4.79 Å². The minimum Gasteiger partial charge on any atom is -0.493 e. The van der Waals surface area contributed by atoms with Gasteiger partial charge >= 0.3 is 6.18 Å². The number of hydrogen-bond donors (Lipinski definition) is 0. The van der Waals surface area contributed by atoms with Crippen LogP contribution in [0.15, 0.2) is 29.3 Å².